The van der Waals surface area contributed by atoms with Crippen molar-refractivity contribution < 1.29 is 4.79 Å². The van der Waals surface area contributed by atoms with Crippen LogP contribution < -0.4 is 0 Å². The van der Waals surface area contributed by atoms with E-state index in [2.05, 4.69) is 19.9 Å². The molecule has 1 aromatic rings. The van der Waals surface area contributed by atoms with Crippen LogP contribution in [0.4, 0.5) is 0 Å². The minimum atomic E-state index is 0.207. The van der Waals surface area contributed by atoms with Crippen LogP contribution in [0, 0.1) is 13.8 Å². The van der Waals surface area contributed by atoms with E-state index < -0.39 is 0 Å². The second-order valence-corrected chi connectivity index (χ2v) is 5.09. The van der Waals surface area contributed by atoms with Gasteiger partial charge in [0.15, 0.2) is 0 Å². The van der Waals surface area contributed by atoms with Gasteiger partial charge in [-0.2, -0.15) is 0 Å². The summed E-state index contributed by atoms with van der Waals surface area (Å²) in [4.78, 5) is 14.5. The third-order valence-electron chi connectivity index (χ3n) is 3.90. The molecule has 2 heteroatoms. The van der Waals surface area contributed by atoms with Crippen molar-refractivity contribution >= 4 is 5.91 Å². The normalized spacial score (nSPS) is 20.4. The largest absolute Gasteiger partial charge is 0.336 e. The van der Waals surface area contributed by atoms with Gasteiger partial charge in [-0.25, -0.2) is 0 Å². The Hall–Kier alpha value is -1.31. The van der Waals surface area contributed by atoms with Crippen LogP contribution in [0.15, 0.2) is 18.2 Å². The van der Waals surface area contributed by atoms with E-state index in [-0.39, 0.29) is 5.91 Å². The predicted octanol–water partition coefficient (Wildman–Crippen LogP) is 3.32. The van der Waals surface area contributed by atoms with Gasteiger partial charge in [0.05, 0.1) is 0 Å². The summed E-state index contributed by atoms with van der Waals surface area (Å²) in [5.74, 6) is 0.207. The molecule has 1 aliphatic heterocycles. The van der Waals surface area contributed by atoms with E-state index in [1.807, 2.05) is 24.0 Å². The van der Waals surface area contributed by atoms with E-state index >= 15 is 0 Å². The van der Waals surface area contributed by atoms with Gasteiger partial charge < -0.3 is 4.90 Å². The van der Waals surface area contributed by atoms with Crippen LogP contribution in [0.5, 0.6) is 0 Å². The Morgan fingerprint density at radius 3 is 2.76 bits per heavy atom. The molecule has 0 aromatic heterocycles. The lowest BCUT2D eigenvalue weighted by Crippen LogP contribution is -2.42. The summed E-state index contributed by atoms with van der Waals surface area (Å²) in [6.07, 6.45) is 3.52. The van der Waals surface area contributed by atoms with Gasteiger partial charge in [-0.1, -0.05) is 12.1 Å². The first-order chi connectivity index (χ1) is 8.11. The lowest BCUT2D eigenvalue weighted by atomic mass is 9.99. The molecule has 1 aromatic carbocycles. The number of hydrogen-bond acceptors (Lipinski definition) is 1. The molecule has 0 spiro atoms. The first kappa shape index (κ1) is 12.2. The van der Waals surface area contributed by atoms with Crippen molar-refractivity contribution in [2.24, 2.45) is 0 Å². The fourth-order valence-corrected chi connectivity index (χ4v) is 2.54. The van der Waals surface area contributed by atoms with E-state index in [1.165, 1.54) is 12.0 Å². The van der Waals surface area contributed by atoms with Crippen molar-refractivity contribution in [1.29, 1.82) is 0 Å². The van der Waals surface area contributed by atoms with Crippen LogP contribution >= 0.6 is 0 Å². The van der Waals surface area contributed by atoms with Gasteiger partial charge in [-0.15, -0.1) is 0 Å². The molecule has 1 fully saturated rings. The quantitative estimate of drug-likeness (QED) is 0.726. The lowest BCUT2D eigenvalue weighted by Gasteiger charge is -2.34. The molecule has 0 saturated carbocycles. The fourth-order valence-electron chi connectivity index (χ4n) is 2.54. The van der Waals surface area contributed by atoms with Crippen molar-refractivity contribution in [1.82, 2.24) is 4.90 Å². The highest BCUT2D eigenvalue weighted by molar-refractivity contribution is 5.96. The van der Waals surface area contributed by atoms with Crippen molar-refractivity contribution in [2.75, 3.05) is 6.54 Å². The average molecular weight is 231 g/mol. The summed E-state index contributed by atoms with van der Waals surface area (Å²) in [7, 11) is 0. The Kier molecular flexibility index (Phi) is 3.51. The summed E-state index contributed by atoms with van der Waals surface area (Å²) in [6.45, 7) is 7.17. The highest BCUT2D eigenvalue weighted by atomic mass is 16.2. The standard InChI is InChI=1S/C15H21NO/c1-11-7-6-9-14(13(11)3)15(17)16-10-5-4-8-12(16)2/h6-7,9,12H,4-5,8,10H2,1-3H3. The van der Waals surface area contributed by atoms with E-state index in [9.17, 15) is 4.79 Å². The van der Waals surface area contributed by atoms with Gasteiger partial charge in [-0.3, -0.25) is 4.79 Å². The summed E-state index contributed by atoms with van der Waals surface area (Å²) in [5, 5.41) is 0. The molecule has 0 bridgehead atoms. The molecule has 1 amide bonds. The van der Waals surface area contributed by atoms with Crippen molar-refractivity contribution in [3.05, 3.63) is 34.9 Å². The molecule has 1 aliphatic rings. The smallest absolute Gasteiger partial charge is 0.254 e. The molecule has 1 atom stereocenters. The zero-order valence-electron chi connectivity index (χ0n) is 11.0. The van der Waals surface area contributed by atoms with Gasteiger partial charge in [0, 0.05) is 18.2 Å². The SMILES string of the molecule is Cc1cccc(C(=O)N2CCCCC2C)c1C. The van der Waals surface area contributed by atoms with E-state index in [1.54, 1.807) is 0 Å². The van der Waals surface area contributed by atoms with Crippen LogP contribution in [0.3, 0.4) is 0 Å². The highest BCUT2D eigenvalue weighted by Crippen LogP contribution is 2.21. The zero-order chi connectivity index (χ0) is 12.4. The summed E-state index contributed by atoms with van der Waals surface area (Å²) < 4.78 is 0. The minimum Gasteiger partial charge on any atom is -0.336 e. The third kappa shape index (κ3) is 2.36. The molecule has 0 N–H and O–H groups in total. The minimum absolute atomic E-state index is 0.207. The maximum atomic E-state index is 12.5. The maximum absolute atomic E-state index is 12.5. The van der Waals surface area contributed by atoms with Crippen LogP contribution in [-0.2, 0) is 0 Å². The third-order valence-corrected chi connectivity index (χ3v) is 3.90. The van der Waals surface area contributed by atoms with Crippen molar-refractivity contribution in [3.63, 3.8) is 0 Å². The van der Waals surface area contributed by atoms with E-state index in [0.29, 0.717) is 6.04 Å². The number of likely N-dealkylation sites (tertiary alicyclic amines) is 1. The number of carbonyl (C=O) groups is 1. The van der Waals surface area contributed by atoms with Crippen molar-refractivity contribution in [2.45, 2.75) is 46.1 Å². The van der Waals surface area contributed by atoms with E-state index in [0.717, 1.165) is 30.5 Å². The van der Waals surface area contributed by atoms with Crippen LogP contribution in [0.25, 0.3) is 0 Å². The molecule has 0 radical (unpaired) electrons. The van der Waals surface area contributed by atoms with Gasteiger partial charge in [0.1, 0.15) is 0 Å². The second-order valence-electron chi connectivity index (χ2n) is 5.09. The molecule has 1 unspecified atom stereocenters. The number of piperidine rings is 1. The van der Waals surface area contributed by atoms with Gasteiger partial charge in [0.25, 0.3) is 5.91 Å². The van der Waals surface area contributed by atoms with Gasteiger partial charge in [0.2, 0.25) is 0 Å². The molecule has 0 aliphatic carbocycles. The first-order valence-corrected chi connectivity index (χ1v) is 6.48. The molecule has 17 heavy (non-hydrogen) atoms. The number of rotatable bonds is 1. The van der Waals surface area contributed by atoms with Crippen LogP contribution in [-0.4, -0.2) is 23.4 Å². The Morgan fingerprint density at radius 1 is 1.29 bits per heavy atom. The zero-order valence-corrected chi connectivity index (χ0v) is 11.0. The molecule has 2 rings (SSSR count). The Morgan fingerprint density at radius 2 is 2.06 bits per heavy atom. The number of benzene rings is 1. The summed E-state index contributed by atoms with van der Waals surface area (Å²) in [6, 6.07) is 6.37. The molecular weight excluding hydrogens is 210 g/mol. The molecule has 92 valence electrons. The average Bonchev–Trinajstić information content (AvgIpc) is 2.32. The molecule has 2 nitrogen and oxygen atoms in total. The van der Waals surface area contributed by atoms with Crippen LogP contribution in [0.1, 0.15) is 47.7 Å². The summed E-state index contributed by atoms with van der Waals surface area (Å²) >= 11 is 0. The fraction of sp³-hybridized carbons (Fsp3) is 0.533. The van der Waals surface area contributed by atoms with Gasteiger partial charge >= 0.3 is 0 Å². The van der Waals surface area contributed by atoms with Crippen molar-refractivity contribution in [3.8, 4) is 0 Å². The predicted molar refractivity (Wildman–Crippen MR) is 70.3 cm³/mol. The number of nitrogens with zero attached hydrogens (tertiary/aromatic N) is 1. The number of hydrogen-bond donors (Lipinski definition) is 0. The highest BCUT2D eigenvalue weighted by Gasteiger charge is 2.25. The lowest BCUT2D eigenvalue weighted by molar-refractivity contribution is 0.0635. The maximum Gasteiger partial charge on any atom is 0.254 e. The topological polar surface area (TPSA) is 20.3 Å². The van der Waals surface area contributed by atoms with Crippen LogP contribution in [0.2, 0.25) is 0 Å². The second kappa shape index (κ2) is 4.91. The monoisotopic (exact) mass is 231 g/mol. The Balaban J connectivity index is 2.27. The van der Waals surface area contributed by atoms with Gasteiger partial charge in [-0.05, 0) is 57.2 Å². The number of amides is 1. The number of aryl methyl sites for hydroxylation is 1. The molecule has 1 heterocycles. The first-order valence-electron chi connectivity index (χ1n) is 6.48. The Bertz CT molecular complexity index is 425. The molecular formula is C15H21NO. The molecule has 1 saturated heterocycles. The Labute approximate surface area is 104 Å². The number of carbonyl (C=O) groups excluding carboxylic acids is 1. The summed E-state index contributed by atoms with van der Waals surface area (Å²) in [5.41, 5.74) is 3.19. The van der Waals surface area contributed by atoms with E-state index in [4.69, 9.17) is 0 Å².